The monoisotopic (exact) mass is 354 g/mol. The molecular formula is C19H26N6O. The summed E-state index contributed by atoms with van der Waals surface area (Å²) in [5.41, 5.74) is 1.36. The van der Waals surface area contributed by atoms with Crippen LogP contribution in [-0.4, -0.2) is 52.9 Å². The summed E-state index contributed by atoms with van der Waals surface area (Å²) in [6.07, 6.45) is 3.34. The molecule has 1 saturated heterocycles. The van der Waals surface area contributed by atoms with Gasteiger partial charge in [-0.25, -0.2) is 0 Å². The quantitative estimate of drug-likeness (QED) is 0.670. The topological polar surface area (TPSA) is 67.6 Å². The number of aryl methyl sites for hydroxylation is 1. The molecule has 0 aliphatic carbocycles. The number of guanidine groups is 1. The van der Waals surface area contributed by atoms with Crippen molar-refractivity contribution < 1.29 is 4.74 Å². The minimum Gasteiger partial charge on any atom is -0.497 e. The van der Waals surface area contributed by atoms with E-state index in [1.807, 2.05) is 19.2 Å². The van der Waals surface area contributed by atoms with E-state index in [-0.39, 0.29) is 0 Å². The Morgan fingerprint density at radius 1 is 1.27 bits per heavy atom. The summed E-state index contributed by atoms with van der Waals surface area (Å²) in [6.45, 7) is 3.68. The first-order chi connectivity index (χ1) is 12.8. The Morgan fingerprint density at radius 2 is 2.12 bits per heavy atom. The number of likely N-dealkylation sites (tertiary alicyclic amines) is 1. The van der Waals surface area contributed by atoms with Crippen LogP contribution >= 0.6 is 0 Å². The van der Waals surface area contributed by atoms with Gasteiger partial charge in [0.25, 0.3) is 0 Å². The fraction of sp³-hybridized carbons (Fsp3) is 0.526. The zero-order valence-electron chi connectivity index (χ0n) is 15.5. The Labute approximate surface area is 154 Å². The maximum atomic E-state index is 5.26. The van der Waals surface area contributed by atoms with Crippen molar-refractivity contribution in [3.8, 4) is 5.75 Å². The summed E-state index contributed by atoms with van der Waals surface area (Å²) >= 11 is 0. The maximum Gasteiger partial charge on any atom is 0.194 e. The molecule has 1 fully saturated rings. The van der Waals surface area contributed by atoms with Gasteiger partial charge in [0.1, 0.15) is 11.6 Å². The van der Waals surface area contributed by atoms with Crippen LogP contribution in [0.3, 0.4) is 0 Å². The largest absolute Gasteiger partial charge is 0.497 e. The van der Waals surface area contributed by atoms with Crippen molar-refractivity contribution in [3.05, 3.63) is 41.5 Å². The van der Waals surface area contributed by atoms with Gasteiger partial charge in [-0.1, -0.05) is 12.1 Å². The smallest absolute Gasteiger partial charge is 0.194 e. The Morgan fingerprint density at radius 3 is 2.88 bits per heavy atom. The van der Waals surface area contributed by atoms with Gasteiger partial charge in [-0.2, -0.15) is 0 Å². The summed E-state index contributed by atoms with van der Waals surface area (Å²) in [7, 11) is 3.55. The van der Waals surface area contributed by atoms with Crippen molar-refractivity contribution in [1.29, 1.82) is 0 Å². The average Bonchev–Trinajstić information content (AvgIpc) is 3.40. The fourth-order valence-electron chi connectivity index (χ4n) is 3.93. The molecule has 7 nitrogen and oxygen atoms in total. The molecule has 1 aromatic carbocycles. The van der Waals surface area contributed by atoms with Crippen molar-refractivity contribution in [2.75, 3.05) is 27.2 Å². The minimum absolute atomic E-state index is 0.525. The SMILES string of the molecule is CN=C(NCc1nnc2n1CCC2)N1CCC(c2ccc(OC)cc2)C1. The molecule has 4 rings (SSSR count). The highest BCUT2D eigenvalue weighted by atomic mass is 16.5. The first-order valence-electron chi connectivity index (χ1n) is 9.29. The lowest BCUT2D eigenvalue weighted by Crippen LogP contribution is -2.40. The average molecular weight is 354 g/mol. The highest BCUT2D eigenvalue weighted by Gasteiger charge is 2.26. The number of fused-ring (bicyclic) bond motifs is 1. The Balaban J connectivity index is 1.36. The number of aliphatic imine (C=N–C) groups is 1. The summed E-state index contributed by atoms with van der Waals surface area (Å²) in [5.74, 6) is 4.48. The molecule has 0 spiro atoms. The molecule has 1 unspecified atom stereocenters. The van der Waals surface area contributed by atoms with Gasteiger partial charge in [0.15, 0.2) is 11.8 Å². The lowest BCUT2D eigenvalue weighted by atomic mass is 9.98. The molecule has 26 heavy (non-hydrogen) atoms. The van der Waals surface area contributed by atoms with Gasteiger partial charge >= 0.3 is 0 Å². The lowest BCUT2D eigenvalue weighted by Gasteiger charge is -2.21. The summed E-state index contributed by atoms with van der Waals surface area (Å²) in [6, 6.07) is 8.42. The van der Waals surface area contributed by atoms with Crippen LogP contribution < -0.4 is 10.1 Å². The van der Waals surface area contributed by atoms with Crippen LogP contribution in [0.1, 0.15) is 36.0 Å². The number of ether oxygens (including phenoxy) is 1. The lowest BCUT2D eigenvalue weighted by molar-refractivity contribution is 0.414. The normalized spacial score (nSPS) is 19.7. The van der Waals surface area contributed by atoms with Gasteiger partial charge in [0, 0.05) is 39.0 Å². The molecule has 2 aliphatic rings. The van der Waals surface area contributed by atoms with Crippen molar-refractivity contribution in [3.63, 3.8) is 0 Å². The van der Waals surface area contributed by atoms with Crippen molar-refractivity contribution in [2.24, 2.45) is 4.99 Å². The van der Waals surface area contributed by atoms with Gasteiger partial charge in [0.2, 0.25) is 0 Å². The zero-order valence-corrected chi connectivity index (χ0v) is 15.5. The van der Waals surface area contributed by atoms with Gasteiger partial charge < -0.3 is 19.5 Å². The fourth-order valence-corrected chi connectivity index (χ4v) is 3.93. The van der Waals surface area contributed by atoms with Crippen molar-refractivity contribution in [1.82, 2.24) is 25.0 Å². The van der Waals surface area contributed by atoms with E-state index in [0.717, 1.165) is 55.8 Å². The van der Waals surface area contributed by atoms with Gasteiger partial charge in [0.05, 0.1) is 13.7 Å². The summed E-state index contributed by atoms with van der Waals surface area (Å²) in [4.78, 5) is 6.80. The Bertz CT molecular complexity index is 782. The van der Waals surface area contributed by atoms with Crippen LogP contribution in [-0.2, 0) is 19.5 Å². The highest BCUT2D eigenvalue weighted by Crippen LogP contribution is 2.28. The van der Waals surface area contributed by atoms with E-state index < -0.39 is 0 Å². The molecule has 3 heterocycles. The minimum atomic E-state index is 0.525. The highest BCUT2D eigenvalue weighted by molar-refractivity contribution is 5.80. The van der Waals surface area contributed by atoms with Gasteiger partial charge in [-0.05, 0) is 30.5 Å². The van der Waals surface area contributed by atoms with Crippen LogP contribution in [0, 0.1) is 0 Å². The molecule has 0 saturated carbocycles. The molecule has 7 heteroatoms. The molecule has 1 N–H and O–H groups in total. The van der Waals surface area contributed by atoms with Crippen LogP contribution in [0.15, 0.2) is 29.3 Å². The number of nitrogens with one attached hydrogen (secondary N) is 1. The van der Waals surface area contributed by atoms with Crippen LogP contribution in [0.4, 0.5) is 0 Å². The van der Waals surface area contributed by atoms with E-state index in [9.17, 15) is 0 Å². The molecule has 0 bridgehead atoms. The van der Waals surface area contributed by atoms with E-state index in [4.69, 9.17) is 4.74 Å². The van der Waals surface area contributed by atoms with Crippen molar-refractivity contribution >= 4 is 5.96 Å². The maximum absolute atomic E-state index is 5.26. The number of aromatic nitrogens is 3. The molecular weight excluding hydrogens is 328 g/mol. The van der Waals surface area contributed by atoms with E-state index in [1.165, 1.54) is 12.0 Å². The standard InChI is InChI=1S/C19H26N6O/c1-20-19(21-12-18-23-22-17-4-3-10-25(17)18)24-11-9-15(13-24)14-5-7-16(26-2)8-6-14/h5-8,15H,3-4,9-13H2,1-2H3,(H,20,21). The molecule has 2 aliphatic heterocycles. The third kappa shape index (κ3) is 3.25. The Hall–Kier alpha value is -2.57. The summed E-state index contributed by atoms with van der Waals surface area (Å²) in [5, 5.41) is 12.1. The molecule has 0 amide bonds. The molecule has 138 valence electrons. The zero-order chi connectivity index (χ0) is 17.9. The number of hydrogen-bond acceptors (Lipinski definition) is 4. The first-order valence-corrected chi connectivity index (χ1v) is 9.29. The third-order valence-corrected chi connectivity index (χ3v) is 5.38. The van der Waals surface area contributed by atoms with Crippen LogP contribution in [0.25, 0.3) is 0 Å². The third-order valence-electron chi connectivity index (χ3n) is 5.38. The van der Waals surface area contributed by atoms with E-state index in [2.05, 4.69) is 42.1 Å². The van der Waals surface area contributed by atoms with Crippen molar-refractivity contribution in [2.45, 2.75) is 38.3 Å². The molecule has 1 aromatic heterocycles. The van der Waals surface area contributed by atoms with Gasteiger partial charge in [-0.15, -0.1) is 10.2 Å². The van der Waals surface area contributed by atoms with Crippen LogP contribution in [0.5, 0.6) is 5.75 Å². The number of nitrogens with zero attached hydrogens (tertiary/aromatic N) is 5. The number of hydrogen-bond donors (Lipinski definition) is 1. The van der Waals surface area contributed by atoms with Crippen LogP contribution in [0.2, 0.25) is 0 Å². The van der Waals surface area contributed by atoms with E-state index in [0.29, 0.717) is 12.5 Å². The number of methoxy groups -OCH3 is 1. The van der Waals surface area contributed by atoms with E-state index >= 15 is 0 Å². The molecule has 2 aromatic rings. The predicted octanol–water partition coefficient (Wildman–Crippen LogP) is 1.80. The molecule has 1 atom stereocenters. The van der Waals surface area contributed by atoms with Gasteiger partial charge in [-0.3, -0.25) is 4.99 Å². The second-order valence-corrected chi connectivity index (χ2v) is 6.89. The summed E-state index contributed by atoms with van der Waals surface area (Å²) < 4.78 is 7.48. The Kier molecular flexibility index (Phi) is 4.77. The second-order valence-electron chi connectivity index (χ2n) is 6.89. The molecule has 0 radical (unpaired) electrons. The van der Waals surface area contributed by atoms with E-state index in [1.54, 1.807) is 7.11 Å². The number of benzene rings is 1. The first kappa shape index (κ1) is 16.9. The predicted molar refractivity (Wildman–Crippen MR) is 100 cm³/mol. The number of rotatable bonds is 4. The second kappa shape index (κ2) is 7.35.